The molecule has 26 heavy (non-hydrogen) atoms. The molecule has 7 heteroatoms. The first-order chi connectivity index (χ1) is 12.5. The summed E-state index contributed by atoms with van der Waals surface area (Å²) in [5.74, 6) is 1.56. The molecule has 0 atom stereocenters. The molecule has 0 spiro atoms. The molecule has 138 valence electrons. The molecular weight excluding hydrogens is 336 g/mol. The van der Waals surface area contributed by atoms with Crippen LogP contribution in [0.3, 0.4) is 0 Å². The van der Waals surface area contributed by atoms with Gasteiger partial charge in [0.05, 0.1) is 26.0 Å². The number of ether oxygens (including phenoxy) is 2. The smallest absolute Gasteiger partial charge is 0.257 e. The Morgan fingerprint density at radius 1 is 0.923 bits per heavy atom. The van der Waals surface area contributed by atoms with Crippen LogP contribution in [0.25, 0.3) is 0 Å². The summed E-state index contributed by atoms with van der Waals surface area (Å²) in [7, 11) is 3.09. The molecule has 0 saturated carbocycles. The van der Waals surface area contributed by atoms with Crippen LogP contribution in [-0.4, -0.2) is 62.0 Å². The van der Waals surface area contributed by atoms with Crippen LogP contribution in [0.2, 0.25) is 0 Å². The molecule has 2 aromatic rings. The van der Waals surface area contributed by atoms with Crippen LogP contribution in [0.5, 0.6) is 11.5 Å². The lowest BCUT2D eigenvalue weighted by Crippen LogP contribution is -2.50. The number of rotatable bonds is 4. The summed E-state index contributed by atoms with van der Waals surface area (Å²) in [5.41, 5.74) is 1.11. The van der Waals surface area contributed by atoms with E-state index in [-0.39, 0.29) is 11.8 Å². The number of methoxy groups -OCH3 is 2. The van der Waals surface area contributed by atoms with Crippen LogP contribution in [0.4, 0.5) is 0 Å². The van der Waals surface area contributed by atoms with E-state index in [2.05, 4.69) is 0 Å². The highest BCUT2D eigenvalue weighted by Gasteiger charge is 2.27. The van der Waals surface area contributed by atoms with Gasteiger partial charge in [-0.3, -0.25) is 9.59 Å². The van der Waals surface area contributed by atoms with Crippen molar-refractivity contribution in [2.75, 3.05) is 40.4 Å². The summed E-state index contributed by atoms with van der Waals surface area (Å²) in [6, 6.07) is 6.79. The van der Waals surface area contributed by atoms with Gasteiger partial charge in [-0.1, -0.05) is 0 Å². The van der Waals surface area contributed by atoms with E-state index in [1.165, 1.54) is 13.4 Å². The molecule has 0 aliphatic carbocycles. The summed E-state index contributed by atoms with van der Waals surface area (Å²) in [4.78, 5) is 28.7. The first-order valence-electron chi connectivity index (χ1n) is 8.39. The highest BCUT2D eigenvalue weighted by molar-refractivity contribution is 5.96. The van der Waals surface area contributed by atoms with Crippen LogP contribution in [0.1, 0.15) is 26.5 Å². The molecule has 2 heterocycles. The molecule has 1 aliphatic heterocycles. The molecule has 0 N–H and O–H groups in total. The van der Waals surface area contributed by atoms with Gasteiger partial charge >= 0.3 is 0 Å². The molecule has 7 nitrogen and oxygen atoms in total. The lowest BCUT2D eigenvalue weighted by Gasteiger charge is -2.34. The van der Waals surface area contributed by atoms with Gasteiger partial charge in [0.1, 0.15) is 5.76 Å². The molecule has 0 radical (unpaired) electrons. The number of hydrogen-bond acceptors (Lipinski definition) is 5. The summed E-state index contributed by atoms with van der Waals surface area (Å²) in [6.07, 6.45) is 1.51. The zero-order valence-electron chi connectivity index (χ0n) is 15.2. The quantitative estimate of drug-likeness (QED) is 0.838. The maximum atomic E-state index is 12.7. The second-order valence-corrected chi connectivity index (χ2v) is 6.04. The van der Waals surface area contributed by atoms with Crippen molar-refractivity contribution in [3.05, 3.63) is 47.4 Å². The number of carbonyl (C=O) groups excluding carboxylic acids is 2. The van der Waals surface area contributed by atoms with Crippen LogP contribution >= 0.6 is 0 Å². The lowest BCUT2D eigenvalue weighted by molar-refractivity contribution is 0.0534. The number of benzene rings is 1. The third kappa shape index (κ3) is 3.37. The van der Waals surface area contributed by atoms with Crippen molar-refractivity contribution in [2.45, 2.75) is 6.92 Å². The molecule has 0 unspecified atom stereocenters. The Morgan fingerprint density at radius 2 is 1.54 bits per heavy atom. The van der Waals surface area contributed by atoms with Gasteiger partial charge in [-0.15, -0.1) is 0 Å². The van der Waals surface area contributed by atoms with E-state index in [0.717, 1.165) is 0 Å². The van der Waals surface area contributed by atoms with E-state index >= 15 is 0 Å². The largest absolute Gasteiger partial charge is 0.493 e. The lowest BCUT2D eigenvalue weighted by atomic mass is 10.1. The third-order valence-electron chi connectivity index (χ3n) is 4.57. The molecule has 1 aliphatic rings. The van der Waals surface area contributed by atoms with Crippen LogP contribution < -0.4 is 9.47 Å². The first-order valence-corrected chi connectivity index (χ1v) is 8.39. The molecular formula is C19H22N2O5. The van der Waals surface area contributed by atoms with Crippen LogP contribution in [0, 0.1) is 6.92 Å². The summed E-state index contributed by atoms with van der Waals surface area (Å²) in [6.45, 7) is 3.71. The van der Waals surface area contributed by atoms with Crippen molar-refractivity contribution < 1.29 is 23.5 Å². The van der Waals surface area contributed by atoms with Crippen molar-refractivity contribution in [2.24, 2.45) is 0 Å². The van der Waals surface area contributed by atoms with Crippen molar-refractivity contribution in [1.29, 1.82) is 0 Å². The SMILES string of the molecule is COc1ccc(C(=O)N2CCN(C(=O)c3ccoc3C)CC2)cc1OC. The van der Waals surface area contributed by atoms with Gasteiger partial charge < -0.3 is 23.7 Å². The number of amides is 2. The number of aryl methyl sites for hydroxylation is 1. The van der Waals surface area contributed by atoms with E-state index in [1.807, 2.05) is 0 Å². The fourth-order valence-corrected chi connectivity index (χ4v) is 3.04. The fourth-order valence-electron chi connectivity index (χ4n) is 3.04. The van der Waals surface area contributed by atoms with Crippen molar-refractivity contribution in [1.82, 2.24) is 9.80 Å². The molecule has 3 rings (SSSR count). The second-order valence-electron chi connectivity index (χ2n) is 6.04. The van der Waals surface area contributed by atoms with E-state index < -0.39 is 0 Å². The fraction of sp³-hybridized carbons (Fsp3) is 0.368. The van der Waals surface area contributed by atoms with Crippen LogP contribution in [-0.2, 0) is 0 Å². The standard InChI is InChI=1S/C19H22N2O5/c1-13-15(6-11-26-13)19(23)21-9-7-20(8-10-21)18(22)14-4-5-16(24-2)17(12-14)25-3/h4-6,11-12H,7-10H2,1-3H3. The van der Waals surface area contributed by atoms with E-state index in [1.54, 1.807) is 48.1 Å². The monoisotopic (exact) mass is 358 g/mol. The topological polar surface area (TPSA) is 72.2 Å². The van der Waals surface area contributed by atoms with Gasteiger partial charge in [0.15, 0.2) is 11.5 Å². The third-order valence-corrected chi connectivity index (χ3v) is 4.57. The Morgan fingerprint density at radius 3 is 2.08 bits per heavy atom. The van der Waals surface area contributed by atoms with Gasteiger partial charge in [0, 0.05) is 31.7 Å². The predicted molar refractivity (Wildman–Crippen MR) is 94.8 cm³/mol. The number of carbonyl (C=O) groups is 2. The average Bonchev–Trinajstić information content (AvgIpc) is 3.12. The van der Waals surface area contributed by atoms with E-state index in [9.17, 15) is 9.59 Å². The Balaban J connectivity index is 1.65. The molecule has 1 fully saturated rings. The highest BCUT2D eigenvalue weighted by Crippen LogP contribution is 2.28. The Labute approximate surface area is 152 Å². The molecule has 0 bridgehead atoms. The first kappa shape index (κ1) is 17.8. The van der Waals surface area contributed by atoms with Gasteiger partial charge in [-0.2, -0.15) is 0 Å². The number of furan rings is 1. The van der Waals surface area contributed by atoms with Gasteiger partial charge in [0.25, 0.3) is 11.8 Å². The molecule has 1 aromatic carbocycles. The maximum Gasteiger partial charge on any atom is 0.257 e. The minimum atomic E-state index is -0.0856. The number of nitrogens with zero attached hydrogens (tertiary/aromatic N) is 2. The highest BCUT2D eigenvalue weighted by atomic mass is 16.5. The maximum absolute atomic E-state index is 12.7. The van der Waals surface area contributed by atoms with Crippen molar-refractivity contribution in [3.8, 4) is 11.5 Å². The van der Waals surface area contributed by atoms with Gasteiger partial charge in [-0.25, -0.2) is 0 Å². The van der Waals surface area contributed by atoms with E-state index in [4.69, 9.17) is 13.9 Å². The Hall–Kier alpha value is -2.96. The number of piperazine rings is 1. The normalized spacial score (nSPS) is 14.3. The predicted octanol–water partition coefficient (Wildman–Crippen LogP) is 2.20. The van der Waals surface area contributed by atoms with Crippen LogP contribution in [0.15, 0.2) is 34.9 Å². The Bertz CT molecular complexity index is 806. The summed E-state index contributed by atoms with van der Waals surface area (Å²) < 4.78 is 15.7. The minimum absolute atomic E-state index is 0.0607. The summed E-state index contributed by atoms with van der Waals surface area (Å²) >= 11 is 0. The zero-order valence-corrected chi connectivity index (χ0v) is 15.2. The average molecular weight is 358 g/mol. The van der Waals surface area contributed by atoms with Gasteiger partial charge in [0.2, 0.25) is 0 Å². The van der Waals surface area contributed by atoms with E-state index in [0.29, 0.717) is 54.6 Å². The van der Waals surface area contributed by atoms with Gasteiger partial charge in [-0.05, 0) is 31.2 Å². The van der Waals surface area contributed by atoms with Crippen molar-refractivity contribution >= 4 is 11.8 Å². The van der Waals surface area contributed by atoms with Crippen molar-refractivity contribution in [3.63, 3.8) is 0 Å². The second kappa shape index (κ2) is 7.51. The molecule has 2 amide bonds. The number of hydrogen-bond donors (Lipinski definition) is 0. The zero-order chi connectivity index (χ0) is 18.7. The minimum Gasteiger partial charge on any atom is -0.493 e. The molecule has 1 aromatic heterocycles. The summed E-state index contributed by atoms with van der Waals surface area (Å²) in [5, 5.41) is 0. The molecule has 1 saturated heterocycles. The Kier molecular flexibility index (Phi) is 5.16.